The quantitative estimate of drug-likeness (QED) is 0.445. The largest absolute Gasteiger partial charge is 0.487 e. The van der Waals surface area contributed by atoms with Crippen molar-refractivity contribution in [2.24, 2.45) is 0 Å². The van der Waals surface area contributed by atoms with Gasteiger partial charge in [0.05, 0.1) is 11.5 Å². The lowest BCUT2D eigenvalue weighted by molar-refractivity contribution is -0.385. The number of rotatable bonds is 8. The maximum atomic E-state index is 11.2. The zero-order valence-corrected chi connectivity index (χ0v) is 11.1. The molecule has 1 rings (SSSR count). The Morgan fingerprint density at radius 3 is 2.80 bits per heavy atom. The molecular formula is C13H16N2O5. The average molecular weight is 280 g/mol. The third-order valence-electron chi connectivity index (χ3n) is 2.48. The van der Waals surface area contributed by atoms with Crippen LogP contribution in [0.25, 0.3) is 0 Å². The van der Waals surface area contributed by atoms with Crippen LogP contribution in [0.5, 0.6) is 5.75 Å². The number of benzene rings is 1. The van der Waals surface area contributed by atoms with Crippen molar-refractivity contribution in [1.29, 1.82) is 0 Å². The van der Waals surface area contributed by atoms with Gasteiger partial charge in [-0.2, -0.15) is 0 Å². The number of nitrogens with zero attached hydrogens (tertiary/aromatic N) is 2. The van der Waals surface area contributed by atoms with Crippen LogP contribution in [0.1, 0.15) is 6.92 Å². The van der Waals surface area contributed by atoms with Crippen molar-refractivity contribution in [2.75, 3.05) is 24.6 Å². The molecule has 0 atom stereocenters. The number of nitro benzene ring substituents is 1. The summed E-state index contributed by atoms with van der Waals surface area (Å²) in [5, 5.41) is 20.1. The van der Waals surface area contributed by atoms with E-state index in [-0.39, 0.29) is 36.8 Å². The van der Waals surface area contributed by atoms with Gasteiger partial charge >= 0.3 is 11.7 Å². The molecule has 0 aliphatic carbocycles. The number of nitro groups is 1. The molecule has 1 aromatic rings. The summed E-state index contributed by atoms with van der Waals surface area (Å²) in [5.41, 5.74) is -0.0410. The zero-order valence-electron chi connectivity index (χ0n) is 11.1. The van der Waals surface area contributed by atoms with Crippen LogP contribution < -0.4 is 9.64 Å². The Bertz CT molecular complexity index is 515. The molecule has 20 heavy (non-hydrogen) atoms. The van der Waals surface area contributed by atoms with Gasteiger partial charge in [0.2, 0.25) is 0 Å². The smallest absolute Gasteiger partial charge is 0.333 e. The number of hydrogen-bond donors (Lipinski definition) is 1. The Kier molecular flexibility index (Phi) is 5.52. The molecule has 0 bridgehead atoms. The van der Waals surface area contributed by atoms with Crippen LogP contribution in [0.3, 0.4) is 0 Å². The van der Waals surface area contributed by atoms with Gasteiger partial charge in [-0.15, -0.1) is 6.58 Å². The molecule has 0 radical (unpaired) electrons. The van der Waals surface area contributed by atoms with Crippen LogP contribution >= 0.6 is 0 Å². The lowest BCUT2D eigenvalue weighted by Crippen LogP contribution is -2.30. The van der Waals surface area contributed by atoms with Crippen molar-refractivity contribution in [3.8, 4) is 5.75 Å². The predicted molar refractivity (Wildman–Crippen MR) is 74.3 cm³/mol. The Morgan fingerprint density at radius 2 is 2.30 bits per heavy atom. The highest BCUT2D eigenvalue weighted by Gasteiger charge is 2.25. The fourth-order valence-electron chi connectivity index (χ4n) is 1.79. The molecule has 7 nitrogen and oxygen atoms in total. The average Bonchev–Trinajstić information content (AvgIpc) is 2.37. The van der Waals surface area contributed by atoms with E-state index in [1.807, 2.05) is 0 Å². The topological polar surface area (TPSA) is 92.9 Å². The monoisotopic (exact) mass is 280 g/mol. The molecule has 0 saturated heterocycles. The van der Waals surface area contributed by atoms with Crippen molar-refractivity contribution in [3.63, 3.8) is 0 Å². The molecule has 0 aromatic heterocycles. The van der Waals surface area contributed by atoms with Gasteiger partial charge in [0, 0.05) is 6.54 Å². The highest BCUT2D eigenvalue weighted by atomic mass is 16.6. The summed E-state index contributed by atoms with van der Waals surface area (Å²) in [7, 11) is 0. The summed E-state index contributed by atoms with van der Waals surface area (Å²) >= 11 is 0. The molecule has 1 N–H and O–H groups in total. The molecule has 7 heteroatoms. The second kappa shape index (κ2) is 7.13. The minimum atomic E-state index is -1.08. The Balaban J connectivity index is 3.31. The Labute approximate surface area is 116 Å². The maximum Gasteiger partial charge on any atom is 0.333 e. The van der Waals surface area contributed by atoms with Crippen LogP contribution in [0.4, 0.5) is 11.4 Å². The van der Waals surface area contributed by atoms with Crippen molar-refractivity contribution in [2.45, 2.75) is 6.92 Å². The van der Waals surface area contributed by atoms with Gasteiger partial charge < -0.3 is 14.7 Å². The molecule has 1 aromatic carbocycles. The number of carboxylic acids is 1. The van der Waals surface area contributed by atoms with E-state index in [1.54, 1.807) is 13.0 Å². The number of hydrogen-bond acceptors (Lipinski definition) is 5. The molecule has 0 fully saturated rings. The zero-order chi connectivity index (χ0) is 15.1. The Hall–Kier alpha value is -2.57. The van der Waals surface area contributed by atoms with Gasteiger partial charge in [-0.3, -0.25) is 14.9 Å². The van der Waals surface area contributed by atoms with Crippen LogP contribution in [0, 0.1) is 10.1 Å². The van der Waals surface area contributed by atoms with Crippen molar-refractivity contribution in [1.82, 2.24) is 0 Å². The summed E-state index contributed by atoms with van der Waals surface area (Å²) in [6.07, 6.45) is 1.49. The van der Waals surface area contributed by atoms with Gasteiger partial charge in [-0.05, 0) is 19.1 Å². The molecular weight excluding hydrogens is 264 g/mol. The van der Waals surface area contributed by atoms with Gasteiger partial charge in [0.15, 0.2) is 5.75 Å². The van der Waals surface area contributed by atoms with E-state index < -0.39 is 10.9 Å². The fraction of sp³-hybridized carbons (Fsp3) is 0.308. The van der Waals surface area contributed by atoms with Gasteiger partial charge in [0.1, 0.15) is 12.2 Å². The molecule has 0 aliphatic heterocycles. The number of carboxylic acid groups (broad SMARTS) is 1. The highest BCUT2D eigenvalue weighted by Crippen LogP contribution is 2.37. The third kappa shape index (κ3) is 3.71. The lowest BCUT2D eigenvalue weighted by Gasteiger charge is -2.21. The molecule has 0 unspecified atom stereocenters. The molecule has 0 heterocycles. The summed E-state index contributed by atoms with van der Waals surface area (Å²) in [6, 6.07) is 4.57. The first kappa shape index (κ1) is 15.5. The third-order valence-corrected chi connectivity index (χ3v) is 2.48. The second-order valence-corrected chi connectivity index (χ2v) is 3.88. The van der Waals surface area contributed by atoms with Crippen LogP contribution in [-0.4, -0.2) is 35.7 Å². The standard InChI is InChI=1S/C13H16N2O5/c1-3-8-14(9-12(16)17)10-6-5-7-11(20-4-2)13(10)15(18)19/h3,5-7H,1,4,8-9H2,2H3,(H,16,17). The number of carbonyl (C=O) groups is 1. The van der Waals surface area contributed by atoms with Crippen molar-refractivity contribution >= 4 is 17.3 Å². The lowest BCUT2D eigenvalue weighted by atomic mass is 10.2. The SMILES string of the molecule is C=CCN(CC(=O)O)c1cccc(OCC)c1[N+](=O)[O-]. The van der Waals surface area contributed by atoms with Gasteiger partial charge in [0.25, 0.3) is 0 Å². The molecule has 0 aliphatic rings. The minimum Gasteiger partial charge on any atom is -0.487 e. The highest BCUT2D eigenvalue weighted by molar-refractivity contribution is 5.78. The minimum absolute atomic E-state index is 0.120. The van der Waals surface area contributed by atoms with Crippen LogP contribution in [0.15, 0.2) is 30.9 Å². The van der Waals surface area contributed by atoms with E-state index in [9.17, 15) is 14.9 Å². The predicted octanol–water partition coefficient (Wildman–Crippen LogP) is 2.07. The fourth-order valence-corrected chi connectivity index (χ4v) is 1.79. The molecule has 0 saturated carbocycles. The molecule has 0 amide bonds. The summed E-state index contributed by atoms with van der Waals surface area (Å²) in [5.74, 6) is -0.961. The number of aliphatic carboxylic acids is 1. The summed E-state index contributed by atoms with van der Waals surface area (Å²) < 4.78 is 5.23. The number of ether oxygens (including phenoxy) is 1. The first-order chi connectivity index (χ1) is 9.51. The summed E-state index contributed by atoms with van der Waals surface area (Å²) in [4.78, 5) is 22.9. The normalized spacial score (nSPS) is 9.85. The van der Waals surface area contributed by atoms with E-state index in [0.717, 1.165) is 0 Å². The van der Waals surface area contributed by atoms with Gasteiger partial charge in [-0.25, -0.2) is 0 Å². The van der Waals surface area contributed by atoms with E-state index in [4.69, 9.17) is 9.84 Å². The first-order valence-corrected chi connectivity index (χ1v) is 5.99. The summed E-state index contributed by atoms with van der Waals surface area (Å²) in [6.45, 7) is 5.36. The van der Waals surface area contributed by atoms with E-state index in [2.05, 4.69) is 6.58 Å². The number of para-hydroxylation sites is 1. The molecule has 0 spiro atoms. The maximum absolute atomic E-state index is 11.2. The van der Waals surface area contributed by atoms with E-state index in [1.165, 1.54) is 23.1 Å². The molecule has 108 valence electrons. The first-order valence-electron chi connectivity index (χ1n) is 5.99. The van der Waals surface area contributed by atoms with Crippen molar-refractivity contribution < 1.29 is 19.6 Å². The number of anilines is 1. The second-order valence-electron chi connectivity index (χ2n) is 3.88. The van der Waals surface area contributed by atoms with Gasteiger partial charge in [-0.1, -0.05) is 12.1 Å². The van der Waals surface area contributed by atoms with E-state index in [0.29, 0.717) is 0 Å². The van der Waals surface area contributed by atoms with Crippen LogP contribution in [0.2, 0.25) is 0 Å². The van der Waals surface area contributed by atoms with Crippen LogP contribution in [-0.2, 0) is 4.79 Å². The van der Waals surface area contributed by atoms with E-state index >= 15 is 0 Å². The Morgan fingerprint density at radius 1 is 1.60 bits per heavy atom. The van der Waals surface area contributed by atoms with Crippen molar-refractivity contribution in [3.05, 3.63) is 41.0 Å².